The van der Waals surface area contributed by atoms with Crippen molar-refractivity contribution in [3.63, 3.8) is 0 Å². The molecule has 0 saturated carbocycles. The Bertz CT molecular complexity index is 332. The molecule has 116 valence electrons. The molecule has 0 aromatic heterocycles. The van der Waals surface area contributed by atoms with E-state index in [2.05, 4.69) is 4.74 Å². The maximum absolute atomic E-state index is 11.5. The van der Waals surface area contributed by atoms with Gasteiger partial charge in [0, 0.05) is 12.8 Å². The molecule has 2 atom stereocenters. The Hall–Kier alpha value is -1.34. The highest BCUT2D eigenvalue weighted by atomic mass is 35.5. The lowest BCUT2D eigenvalue weighted by Gasteiger charge is -2.15. The molecule has 0 aliphatic heterocycles. The predicted octanol–water partition coefficient (Wildman–Crippen LogP) is 0.668. The first-order valence-corrected chi connectivity index (χ1v) is 6.60. The summed E-state index contributed by atoms with van der Waals surface area (Å²) in [5.41, 5.74) is 0. The zero-order chi connectivity index (χ0) is 15.5. The molecule has 0 heterocycles. The molecule has 0 unspecified atom stereocenters. The highest BCUT2D eigenvalue weighted by molar-refractivity contribution is 6.17. The van der Waals surface area contributed by atoms with E-state index in [4.69, 9.17) is 25.8 Å². The van der Waals surface area contributed by atoms with Crippen molar-refractivity contribution in [3.8, 4) is 0 Å². The fourth-order valence-electron chi connectivity index (χ4n) is 1.09. The van der Waals surface area contributed by atoms with Crippen molar-refractivity contribution in [2.24, 2.45) is 0 Å². The maximum atomic E-state index is 11.5. The average molecular weight is 311 g/mol. The summed E-state index contributed by atoms with van der Waals surface area (Å²) in [6, 6.07) is 0. The quantitative estimate of drug-likeness (QED) is 0.267. The van der Waals surface area contributed by atoms with Gasteiger partial charge in [-0.2, -0.15) is 0 Å². The molecule has 0 aromatic rings. The summed E-state index contributed by atoms with van der Waals surface area (Å²) < 4.78 is 19.2. The summed E-state index contributed by atoms with van der Waals surface area (Å²) in [4.78, 5) is 33.6. The van der Waals surface area contributed by atoms with Gasteiger partial charge < -0.3 is 18.9 Å². The van der Waals surface area contributed by atoms with Crippen molar-refractivity contribution in [3.05, 3.63) is 0 Å². The van der Waals surface area contributed by atoms with Crippen LogP contribution in [0.25, 0.3) is 0 Å². The Labute approximate surface area is 122 Å². The van der Waals surface area contributed by atoms with E-state index in [-0.39, 0.29) is 13.2 Å². The molecule has 0 aromatic carbocycles. The first kappa shape index (κ1) is 18.7. The van der Waals surface area contributed by atoms with E-state index in [9.17, 15) is 14.4 Å². The van der Waals surface area contributed by atoms with Gasteiger partial charge in [-0.1, -0.05) is 0 Å². The van der Waals surface area contributed by atoms with E-state index < -0.39 is 30.1 Å². The first-order valence-electron chi connectivity index (χ1n) is 6.06. The van der Waals surface area contributed by atoms with Gasteiger partial charge in [-0.15, -0.1) is 11.6 Å². The number of alkyl halides is 1. The Balaban J connectivity index is 3.94. The lowest BCUT2D eigenvalue weighted by Crippen LogP contribution is -2.33. The highest BCUT2D eigenvalue weighted by Gasteiger charge is 2.24. The van der Waals surface area contributed by atoms with Gasteiger partial charge in [-0.25, -0.2) is 9.59 Å². The largest absolute Gasteiger partial charge is 0.461 e. The molecule has 0 radical (unpaired) electrons. The number of esters is 3. The number of carbonyl (C=O) groups excluding carboxylic acids is 3. The van der Waals surface area contributed by atoms with E-state index in [0.29, 0.717) is 12.5 Å². The number of rotatable bonds is 9. The van der Waals surface area contributed by atoms with Gasteiger partial charge >= 0.3 is 17.9 Å². The molecule has 0 aliphatic rings. The minimum Gasteiger partial charge on any atom is -0.461 e. The number of carbonyl (C=O) groups is 3. The topological polar surface area (TPSA) is 88.1 Å². The molecule has 0 fully saturated rings. The Morgan fingerprint density at radius 1 is 0.950 bits per heavy atom. The van der Waals surface area contributed by atoms with E-state index >= 15 is 0 Å². The summed E-state index contributed by atoms with van der Waals surface area (Å²) in [7, 11) is 0. The monoisotopic (exact) mass is 310 g/mol. The van der Waals surface area contributed by atoms with Gasteiger partial charge in [-0.3, -0.25) is 4.79 Å². The van der Waals surface area contributed by atoms with E-state index in [1.807, 2.05) is 0 Å². The van der Waals surface area contributed by atoms with Gasteiger partial charge in [0.05, 0.1) is 13.2 Å². The third-order valence-corrected chi connectivity index (χ3v) is 2.15. The lowest BCUT2D eigenvalue weighted by atomic mass is 10.3. The molecular formula is C12H19ClO7. The second-order valence-corrected chi connectivity index (χ2v) is 4.18. The summed E-state index contributed by atoms with van der Waals surface area (Å²) in [6.45, 7) is 4.49. The van der Waals surface area contributed by atoms with Gasteiger partial charge in [-0.05, 0) is 13.8 Å². The second-order valence-electron chi connectivity index (χ2n) is 3.80. The molecule has 0 N–H and O–H groups in total. The van der Waals surface area contributed by atoms with Crippen molar-refractivity contribution in [2.45, 2.75) is 33.0 Å². The van der Waals surface area contributed by atoms with Crippen molar-refractivity contribution < 1.29 is 33.3 Å². The molecule has 0 rings (SSSR count). The maximum Gasteiger partial charge on any atom is 0.347 e. The molecule has 20 heavy (non-hydrogen) atoms. The van der Waals surface area contributed by atoms with E-state index in [1.54, 1.807) is 0 Å². The van der Waals surface area contributed by atoms with E-state index in [0.717, 1.165) is 0 Å². The number of halogens is 1. The van der Waals surface area contributed by atoms with Gasteiger partial charge in [0.15, 0.2) is 12.2 Å². The zero-order valence-corrected chi connectivity index (χ0v) is 12.5. The Morgan fingerprint density at radius 3 is 2.10 bits per heavy atom. The Kier molecular flexibility index (Phi) is 9.75. The molecule has 0 aliphatic carbocycles. The van der Waals surface area contributed by atoms with Crippen molar-refractivity contribution in [2.75, 3.05) is 25.7 Å². The standard InChI is InChI=1S/C12H19ClO7/c1-8(11(15)18-7-6-17-5-4-13)20-12(16)9(2)19-10(3)14/h8-9H,4-7H2,1-3H3/t8-,9+/m1/s1. The van der Waals surface area contributed by atoms with Gasteiger partial charge in [0.25, 0.3) is 0 Å². The third kappa shape index (κ3) is 8.71. The molecule has 8 heteroatoms. The second kappa shape index (κ2) is 10.4. The average Bonchev–Trinajstić information content (AvgIpc) is 2.37. The third-order valence-electron chi connectivity index (χ3n) is 1.99. The van der Waals surface area contributed by atoms with Crippen LogP contribution in [0, 0.1) is 0 Å². The minimum absolute atomic E-state index is 0.0388. The van der Waals surface area contributed by atoms with Crippen LogP contribution in [-0.4, -0.2) is 55.8 Å². The van der Waals surface area contributed by atoms with Crippen molar-refractivity contribution in [1.29, 1.82) is 0 Å². The van der Waals surface area contributed by atoms with Crippen LogP contribution < -0.4 is 0 Å². The fraction of sp³-hybridized carbons (Fsp3) is 0.750. The van der Waals surface area contributed by atoms with Crippen LogP contribution in [0.15, 0.2) is 0 Å². The summed E-state index contributed by atoms with van der Waals surface area (Å²) >= 11 is 5.39. The molecular weight excluding hydrogens is 292 g/mol. The van der Waals surface area contributed by atoms with Crippen LogP contribution in [-0.2, 0) is 33.3 Å². The summed E-state index contributed by atoms with van der Waals surface area (Å²) in [6.07, 6.45) is -2.16. The molecule has 0 spiro atoms. The zero-order valence-electron chi connectivity index (χ0n) is 11.7. The first-order chi connectivity index (χ1) is 9.38. The molecule has 0 bridgehead atoms. The van der Waals surface area contributed by atoms with Gasteiger partial charge in [0.1, 0.15) is 6.61 Å². The Morgan fingerprint density at radius 2 is 1.55 bits per heavy atom. The summed E-state index contributed by atoms with van der Waals surface area (Å²) in [5.74, 6) is -1.78. The highest BCUT2D eigenvalue weighted by Crippen LogP contribution is 2.01. The fourth-order valence-corrected chi connectivity index (χ4v) is 1.20. The number of hydrogen-bond acceptors (Lipinski definition) is 7. The van der Waals surface area contributed by atoms with Crippen LogP contribution >= 0.6 is 11.6 Å². The van der Waals surface area contributed by atoms with Crippen LogP contribution in [0.4, 0.5) is 0 Å². The smallest absolute Gasteiger partial charge is 0.347 e. The van der Waals surface area contributed by atoms with Crippen LogP contribution in [0.3, 0.4) is 0 Å². The molecule has 7 nitrogen and oxygen atoms in total. The van der Waals surface area contributed by atoms with Gasteiger partial charge in [0.2, 0.25) is 0 Å². The molecule has 0 saturated heterocycles. The summed E-state index contributed by atoms with van der Waals surface area (Å²) in [5, 5.41) is 0. The van der Waals surface area contributed by atoms with Crippen molar-refractivity contribution in [1.82, 2.24) is 0 Å². The predicted molar refractivity (Wildman–Crippen MR) is 69.3 cm³/mol. The number of ether oxygens (including phenoxy) is 4. The minimum atomic E-state index is -1.09. The SMILES string of the molecule is CC(=O)O[C@@H](C)C(=O)O[C@H](C)C(=O)OCCOCCCl. The van der Waals surface area contributed by atoms with Crippen LogP contribution in [0.5, 0.6) is 0 Å². The van der Waals surface area contributed by atoms with Crippen LogP contribution in [0.1, 0.15) is 20.8 Å². The van der Waals surface area contributed by atoms with E-state index in [1.165, 1.54) is 20.8 Å². The number of hydrogen-bond donors (Lipinski definition) is 0. The molecule has 0 amide bonds. The van der Waals surface area contributed by atoms with Crippen molar-refractivity contribution >= 4 is 29.5 Å². The van der Waals surface area contributed by atoms with Crippen LogP contribution in [0.2, 0.25) is 0 Å². The lowest BCUT2D eigenvalue weighted by molar-refractivity contribution is -0.176. The normalized spacial score (nSPS) is 13.2.